The zero-order valence-electron chi connectivity index (χ0n) is 13.8. The van der Waals surface area contributed by atoms with Crippen molar-refractivity contribution < 1.29 is 4.74 Å². The van der Waals surface area contributed by atoms with Crippen LogP contribution in [0.25, 0.3) is 0 Å². The molecule has 0 aliphatic rings. The Morgan fingerprint density at radius 1 is 1.18 bits per heavy atom. The lowest BCUT2D eigenvalue weighted by Crippen LogP contribution is -1.84. The molecular weight excluding hydrogens is 208 g/mol. The maximum absolute atomic E-state index is 4.92. The molecule has 0 atom stereocenters. The first kappa shape index (κ1) is 25.2. The van der Waals surface area contributed by atoms with Crippen LogP contribution in [-0.4, -0.2) is 7.11 Å². The molecule has 0 heterocycles. The molecule has 0 fully saturated rings. The lowest BCUT2D eigenvalue weighted by molar-refractivity contribution is 0.290. The molecule has 0 N–H and O–H groups in total. The zero-order chi connectivity index (χ0) is 14.7. The second kappa shape index (κ2) is 29.5. The van der Waals surface area contributed by atoms with E-state index in [-0.39, 0.29) is 0 Å². The van der Waals surface area contributed by atoms with Gasteiger partial charge in [-0.25, -0.2) is 0 Å². The topological polar surface area (TPSA) is 9.23 Å². The Morgan fingerprint density at radius 2 is 1.47 bits per heavy atom. The predicted molar refractivity (Wildman–Crippen MR) is 83.4 cm³/mol. The third-order valence-corrected chi connectivity index (χ3v) is 1.39. The molecule has 0 aliphatic heterocycles. The van der Waals surface area contributed by atoms with Gasteiger partial charge >= 0.3 is 0 Å². The van der Waals surface area contributed by atoms with Gasteiger partial charge < -0.3 is 4.74 Å². The minimum atomic E-state index is 0.593. The lowest BCUT2D eigenvalue weighted by atomic mass is 10.2. The van der Waals surface area contributed by atoms with E-state index in [4.69, 9.17) is 4.74 Å². The molecule has 0 rings (SSSR count). The van der Waals surface area contributed by atoms with Crippen molar-refractivity contribution in [1.82, 2.24) is 0 Å². The van der Waals surface area contributed by atoms with Gasteiger partial charge in [0, 0.05) is 0 Å². The van der Waals surface area contributed by atoms with E-state index in [0.717, 1.165) is 5.76 Å². The molecule has 106 valence electrons. The Balaban J connectivity index is -0.0000000792. The van der Waals surface area contributed by atoms with E-state index in [1.807, 2.05) is 27.7 Å². The van der Waals surface area contributed by atoms with Crippen LogP contribution in [0.2, 0.25) is 0 Å². The predicted octanol–water partition coefficient (Wildman–Crippen LogP) is 6.22. The highest BCUT2D eigenvalue weighted by atomic mass is 16.5. The Kier molecular flexibility index (Phi) is 43.7. The molecule has 0 aromatic carbocycles. The largest absolute Gasteiger partial charge is 0.502 e. The summed E-state index contributed by atoms with van der Waals surface area (Å²) in [4.78, 5) is 0. The third-order valence-electron chi connectivity index (χ3n) is 1.39. The van der Waals surface area contributed by atoms with E-state index < -0.39 is 0 Å². The van der Waals surface area contributed by atoms with Gasteiger partial charge in [-0.15, -0.1) is 6.58 Å². The highest BCUT2D eigenvalue weighted by Crippen LogP contribution is 2.00. The van der Waals surface area contributed by atoms with Crippen molar-refractivity contribution in [2.75, 3.05) is 7.11 Å². The first-order valence-corrected chi connectivity index (χ1v) is 6.79. The molecule has 0 spiro atoms. The molecule has 0 radical (unpaired) electrons. The summed E-state index contributed by atoms with van der Waals surface area (Å²) in [6, 6.07) is 0. The van der Waals surface area contributed by atoms with E-state index in [0.29, 0.717) is 5.92 Å². The first-order valence-electron chi connectivity index (χ1n) is 6.79. The van der Waals surface area contributed by atoms with Crippen molar-refractivity contribution in [2.24, 2.45) is 5.92 Å². The van der Waals surface area contributed by atoms with Gasteiger partial charge in [0.25, 0.3) is 0 Å². The molecule has 0 unspecified atom stereocenters. The number of rotatable bonds is 3. The van der Waals surface area contributed by atoms with E-state index in [1.54, 1.807) is 13.2 Å². The van der Waals surface area contributed by atoms with Gasteiger partial charge in [0.1, 0.15) is 0 Å². The monoisotopic (exact) mass is 244 g/mol. The molecule has 0 saturated carbocycles. The van der Waals surface area contributed by atoms with Gasteiger partial charge in [0.05, 0.1) is 12.9 Å². The molecule has 0 aromatic rings. The highest BCUT2D eigenvalue weighted by molar-refractivity contribution is 4.89. The van der Waals surface area contributed by atoms with Crippen molar-refractivity contribution in [3.8, 4) is 0 Å². The van der Waals surface area contributed by atoms with Crippen LogP contribution < -0.4 is 0 Å². The number of hydrogen-bond donors (Lipinski definition) is 0. The fourth-order valence-electron chi connectivity index (χ4n) is 0.537. The number of allylic oxidation sites excluding steroid dienone is 3. The summed E-state index contributed by atoms with van der Waals surface area (Å²) in [6.45, 7) is 19.8. The molecule has 0 aliphatic carbocycles. The molecule has 1 heteroatoms. The molecule has 0 saturated heterocycles. The number of hydrogen-bond acceptors (Lipinski definition) is 1. The van der Waals surface area contributed by atoms with Crippen molar-refractivity contribution >= 4 is 0 Å². The highest BCUT2D eigenvalue weighted by Gasteiger charge is 1.87. The van der Waals surface area contributed by atoms with E-state index in [9.17, 15) is 0 Å². The van der Waals surface area contributed by atoms with Gasteiger partial charge in [0.15, 0.2) is 0 Å². The fraction of sp³-hybridized carbons (Fsp3) is 0.750. The SMILES string of the molecule is C=CC.CC.CCCC.COC(C)=CC(C)C. The summed E-state index contributed by atoms with van der Waals surface area (Å²) in [5.41, 5.74) is 0. The maximum Gasteiger partial charge on any atom is 0.0887 e. The van der Waals surface area contributed by atoms with Crippen LogP contribution in [0, 0.1) is 5.92 Å². The zero-order valence-corrected chi connectivity index (χ0v) is 13.8. The van der Waals surface area contributed by atoms with Crippen LogP contribution in [0.4, 0.5) is 0 Å². The standard InChI is InChI=1S/C7H14O.C4H10.C3H6.C2H6/c1-6(2)5-7(3)8-4;1-3-4-2;1-3-2;1-2/h5-6H,1-4H3;3-4H2,1-2H3;3H,1H2,2H3;1-2H3. The van der Waals surface area contributed by atoms with E-state index in [1.165, 1.54) is 12.8 Å². The quantitative estimate of drug-likeness (QED) is 0.423. The van der Waals surface area contributed by atoms with Gasteiger partial charge in [-0.1, -0.05) is 60.5 Å². The minimum Gasteiger partial charge on any atom is -0.502 e. The average Bonchev–Trinajstić information content (AvgIpc) is 2.32. The van der Waals surface area contributed by atoms with E-state index >= 15 is 0 Å². The summed E-state index contributed by atoms with van der Waals surface area (Å²) in [6.07, 6.45) is 6.47. The van der Waals surface area contributed by atoms with Gasteiger partial charge in [-0.3, -0.25) is 0 Å². The molecule has 0 amide bonds. The molecule has 17 heavy (non-hydrogen) atoms. The summed E-state index contributed by atoms with van der Waals surface area (Å²) in [7, 11) is 1.69. The van der Waals surface area contributed by atoms with Gasteiger partial charge in [-0.05, 0) is 25.8 Å². The molecule has 0 aromatic heterocycles. The number of methoxy groups -OCH3 is 1. The van der Waals surface area contributed by atoms with Gasteiger partial charge in [-0.2, -0.15) is 0 Å². The normalized spacial score (nSPS) is 8.71. The fourth-order valence-corrected chi connectivity index (χ4v) is 0.537. The van der Waals surface area contributed by atoms with Gasteiger partial charge in [0.2, 0.25) is 0 Å². The lowest BCUT2D eigenvalue weighted by Gasteiger charge is -1.99. The number of unbranched alkanes of at least 4 members (excludes halogenated alkanes) is 1. The van der Waals surface area contributed by atoms with Crippen molar-refractivity contribution in [1.29, 1.82) is 0 Å². The van der Waals surface area contributed by atoms with Crippen LogP contribution in [0.1, 0.15) is 68.2 Å². The molecular formula is C16H36O. The van der Waals surface area contributed by atoms with Crippen LogP contribution >= 0.6 is 0 Å². The Morgan fingerprint density at radius 3 is 1.53 bits per heavy atom. The van der Waals surface area contributed by atoms with Crippen LogP contribution in [0.3, 0.4) is 0 Å². The average molecular weight is 244 g/mol. The molecule has 1 nitrogen and oxygen atoms in total. The number of ether oxygens (including phenoxy) is 1. The molecule has 0 bridgehead atoms. The second-order valence-electron chi connectivity index (χ2n) is 3.63. The third kappa shape index (κ3) is 68.3. The van der Waals surface area contributed by atoms with Crippen LogP contribution in [-0.2, 0) is 4.74 Å². The summed E-state index contributed by atoms with van der Waals surface area (Å²) < 4.78 is 4.92. The smallest absolute Gasteiger partial charge is 0.0887 e. The maximum atomic E-state index is 4.92. The summed E-state index contributed by atoms with van der Waals surface area (Å²) in [5.74, 6) is 1.59. The van der Waals surface area contributed by atoms with Crippen molar-refractivity contribution in [2.45, 2.75) is 68.2 Å². The summed E-state index contributed by atoms with van der Waals surface area (Å²) >= 11 is 0. The Hall–Kier alpha value is -0.720. The summed E-state index contributed by atoms with van der Waals surface area (Å²) in [5, 5.41) is 0. The Bertz CT molecular complexity index is 132. The first-order chi connectivity index (χ1) is 7.99. The Labute approximate surface area is 111 Å². The minimum absolute atomic E-state index is 0.593. The van der Waals surface area contributed by atoms with Crippen LogP contribution in [0.5, 0.6) is 0 Å². The van der Waals surface area contributed by atoms with Crippen molar-refractivity contribution in [3.05, 3.63) is 24.5 Å². The van der Waals surface area contributed by atoms with Crippen LogP contribution in [0.15, 0.2) is 24.5 Å². The van der Waals surface area contributed by atoms with Crippen molar-refractivity contribution in [3.63, 3.8) is 0 Å². The second-order valence-corrected chi connectivity index (χ2v) is 3.63. The van der Waals surface area contributed by atoms with E-state index in [2.05, 4.69) is 40.3 Å².